The largest absolute Gasteiger partial charge is 0.378 e. The summed E-state index contributed by atoms with van der Waals surface area (Å²) in [7, 11) is 0. The Labute approximate surface area is 94.8 Å². The van der Waals surface area contributed by atoms with E-state index in [0.717, 1.165) is 19.7 Å². The molecule has 1 rings (SSSR count). The van der Waals surface area contributed by atoms with E-state index in [1.54, 1.807) is 0 Å². The highest BCUT2D eigenvalue weighted by atomic mass is 16.5. The zero-order valence-corrected chi connectivity index (χ0v) is 10.6. The molecule has 1 saturated heterocycles. The molecule has 2 atom stereocenters. The molecule has 1 aliphatic rings. The third-order valence-corrected chi connectivity index (χ3v) is 3.40. The predicted octanol–water partition coefficient (Wildman–Crippen LogP) is 2.97. The summed E-state index contributed by atoms with van der Waals surface area (Å²) in [5.74, 6) is 0. The predicted molar refractivity (Wildman–Crippen MR) is 65.1 cm³/mol. The van der Waals surface area contributed by atoms with Crippen LogP contribution < -0.4 is 5.32 Å². The lowest BCUT2D eigenvalue weighted by molar-refractivity contribution is 0.0626. The van der Waals surface area contributed by atoms with E-state index in [-0.39, 0.29) is 0 Å². The lowest BCUT2D eigenvalue weighted by Gasteiger charge is -2.32. The Morgan fingerprint density at radius 2 is 2.20 bits per heavy atom. The molecule has 0 saturated carbocycles. The minimum absolute atomic E-state index is 0.430. The molecule has 0 spiro atoms. The van der Waals surface area contributed by atoms with Crippen LogP contribution in [-0.2, 0) is 4.74 Å². The fraction of sp³-hybridized carbons (Fsp3) is 1.00. The number of rotatable bonds is 7. The Morgan fingerprint density at radius 3 is 2.73 bits per heavy atom. The topological polar surface area (TPSA) is 21.3 Å². The minimum Gasteiger partial charge on any atom is -0.378 e. The van der Waals surface area contributed by atoms with E-state index < -0.39 is 0 Å². The summed E-state index contributed by atoms with van der Waals surface area (Å²) in [6, 6.07) is 0. The number of hydrogen-bond donors (Lipinski definition) is 1. The Bertz CT molecular complexity index is 166. The third-order valence-electron chi connectivity index (χ3n) is 3.40. The molecule has 1 fully saturated rings. The molecule has 1 heterocycles. The quantitative estimate of drug-likeness (QED) is 0.702. The molecule has 90 valence electrons. The van der Waals surface area contributed by atoms with E-state index in [9.17, 15) is 0 Å². The summed E-state index contributed by atoms with van der Waals surface area (Å²) < 4.78 is 5.75. The van der Waals surface area contributed by atoms with Crippen LogP contribution in [0.4, 0.5) is 0 Å². The van der Waals surface area contributed by atoms with E-state index in [1.165, 1.54) is 32.1 Å². The van der Waals surface area contributed by atoms with Gasteiger partial charge < -0.3 is 10.1 Å². The van der Waals surface area contributed by atoms with Crippen molar-refractivity contribution in [1.82, 2.24) is 5.32 Å². The SMILES string of the molecule is CCCC(C)(CNCC)CC1CCCO1. The molecule has 0 amide bonds. The highest BCUT2D eigenvalue weighted by Crippen LogP contribution is 2.32. The maximum atomic E-state index is 5.75. The fourth-order valence-corrected chi connectivity index (χ4v) is 2.65. The first-order valence-electron chi connectivity index (χ1n) is 6.52. The first-order chi connectivity index (χ1) is 7.20. The van der Waals surface area contributed by atoms with Crippen LogP contribution in [0.25, 0.3) is 0 Å². The van der Waals surface area contributed by atoms with Crippen LogP contribution in [0.2, 0.25) is 0 Å². The number of nitrogens with one attached hydrogen (secondary N) is 1. The monoisotopic (exact) mass is 213 g/mol. The second-order valence-electron chi connectivity index (χ2n) is 5.18. The Kier molecular flexibility index (Phi) is 5.62. The Hall–Kier alpha value is -0.0800. The van der Waals surface area contributed by atoms with Crippen LogP contribution in [-0.4, -0.2) is 25.8 Å². The van der Waals surface area contributed by atoms with Gasteiger partial charge in [0.25, 0.3) is 0 Å². The molecule has 1 aliphatic heterocycles. The van der Waals surface area contributed by atoms with E-state index in [0.29, 0.717) is 11.5 Å². The van der Waals surface area contributed by atoms with Crippen molar-refractivity contribution in [1.29, 1.82) is 0 Å². The van der Waals surface area contributed by atoms with Gasteiger partial charge in [0.2, 0.25) is 0 Å². The smallest absolute Gasteiger partial charge is 0.0581 e. The molecule has 15 heavy (non-hydrogen) atoms. The minimum atomic E-state index is 0.430. The lowest BCUT2D eigenvalue weighted by Crippen LogP contribution is -2.34. The second-order valence-corrected chi connectivity index (χ2v) is 5.18. The van der Waals surface area contributed by atoms with Crippen LogP contribution in [0.1, 0.15) is 52.9 Å². The van der Waals surface area contributed by atoms with Crippen molar-refractivity contribution >= 4 is 0 Å². The molecule has 0 aromatic carbocycles. The van der Waals surface area contributed by atoms with Crippen molar-refractivity contribution in [3.8, 4) is 0 Å². The molecule has 0 aromatic heterocycles. The van der Waals surface area contributed by atoms with E-state index in [4.69, 9.17) is 4.74 Å². The van der Waals surface area contributed by atoms with Gasteiger partial charge in [0.15, 0.2) is 0 Å². The van der Waals surface area contributed by atoms with Gasteiger partial charge in [-0.05, 0) is 37.6 Å². The summed E-state index contributed by atoms with van der Waals surface area (Å²) in [5.41, 5.74) is 0.430. The van der Waals surface area contributed by atoms with Crippen LogP contribution in [0.3, 0.4) is 0 Å². The average molecular weight is 213 g/mol. The molecule has 0 aromatic rings. The standard InChI is InChI=1S/C13H27NO/c1-4-8-13(3,11-14-5-2)10-12-7-6-9-15-12/h12,14H,4-11H2,1-3H3. The first kappa shape index (κ1) is 13.0. The molecular formula is C13H27NO. The maximum Gasteiger partial charge on any atom is 0.0581 e. The maximum absolute atomic E-state index is 5.75. The molecule has 0 bridgehead atoms. The molecule has 1 N–H and O–H groups in total. The summed E-state index contributed by atoms with van der Waals surface area (Å²) >= 11 is 0. The average Bonchev–Trinajstić information content (AvgIpc) is 2.68. The fourth-order valence-electron chi connectivity index (χ4n) is 2.65. The van der Waals surface area contributed by atoms with Gasteiger partial charge in [-0.15, -0.1) is 0 Å². The van der Waals surface area contributed by atoms with Gasteiger partial charge in [-0.2, -0.15) is 0 Å². The van der Waals surface area contributed by atoms with E-state index in [1.807, 2.05) is 0 Å². The highest BCUT2D eigenvalue weighted by Gasteiger charge is 2.29. The van der Waals surface area contributed by atoms with Crippen molar-refractivity contribution < 1.29 is 4.74 Å². The molecule has 2 nitrogen and oxygen atoms in total. The lowest BCUT2D eigenvalue weighted by atomic mass is 9.79. The van der Waals surface area contributed by atoms with Gasteiger partial charge in [-0.25, -0.2) is 0 Å². The molecule has 0 aliphatic carbocycles. The molecular weight excluding hydrogens is 186 g/mol. The zero-order chi connectivity index (χ0) is 11.1. The zero-order valence-electron chi connectivity index (χ0n) is 10.6. The second kappa shape index (κ2) is 6.49. The molecule has 0 radical (unpaired) electrons. The van der Waals surface area contributed by atoms with Crippen LogP contribution in [0.15, 0.2) is 0 Å². The van der Waals surface area contributed by atoms with Gasteiger partial charge in [-0.3, -0.25) is 0 Å². The van der Waals surface area contributed by atoms with Gasteiger partial charge >= 0.3 is 0 Å². The highest BCUT2D eigenvalue weighted by molar-refractivity contribution is 4.81. The first-order valence-corrected chi connectivity index (χ1v) is 6.52. The Balaban J connectivity index is 2.39. The number of hydrogen-bond acceptors (Lipinski definition) is 2. The van der Waals surface area contributed by atoms with Gasteiger partial charge in [0.1, 0.15) is 0 Å². The normalized spacial score (nSPS) is 25.4. The van der Waals surface area contributed by atoms with Crippen molar-refractivity contribution in [3.63, 3.8) is 0 Å². The van der Waals surface area contributed by atoms with Gasteiger partial charge in [-0.1, -0.05) is 27.2 Å². The van der Waals surface area contributed by atoms with Crippen LogP contribution in [0, 0.1) is 5.41 Å². The third kappa shape index (κ3) is 4.52. The van der Waals surface area contributed by atoms with E-state index in [2.05, 4.69) is 26.1 Å². The molecule has 2 heteroatoms. The van der Waals surface area contributed by atoms with Crippen molar-refractivity contribution in [2.75, 3.05) is 19.7 Å². The van der Waals surface area contributed by atoms with E-state index >= 15 is 0 Å². The molecule has 2 unspecified atom stereocenters. The van der Waals surface area contributed by atoms with Crippen molar-refractivity contribution in [3.05, 3.63) is 0 Å². The summed E-state index contributed by atoms with van der Waals surface area (Å²) in [6.07, 6.45) is 6.86. The summed E-state index contributed by atoms with van der Waals surface area (Å²) in [5, 5.41) is 3.49. The van der Waals surface area contributed by atoms with Crippen molar-refractivity contribution in [2.45, 2.75) is 59.0 Å². The summed E-state index contributed by atoms with van der Waals surface area (Å²) in [6.45, 7) is 10.1. The van der Waals surface area contributed by atoms with Crippen LogP contribution in [0.5, 0.6) is 0 Å². The van der Waals surface area contributed by atoms with Gasteiger partial charge in [0, 0.05) is 13.2 Å². The van der Waals surface area contributed by atoms with Crippen LogP contribution >= 0.6 is 0 Å². The van der Waals surface area contributed by atoms with Gasteiger partial charge in [0.05, 0.1) is 6.10 Å². The number of ether oxygens (including phenoxy) is 1. The summed E-state index contributed by atoms with van der Waals surface area (Å²) in [4.78, 5) is 0. The van der Waals surface area contributed by atoms with Crippen molar-refractivity contribution in [2.24, 2.45) is 5.41 Å². The Morgan fingerprint density at radius 1 is 1.40 bits per heavy atom.